The average molecular weight is 678 g/mol. The van der Waals surface area contributed by atoms with E-state index in [0.717, 1.165) is 12.8 Å². The van der Waals surface area contributed by atoms with Crippen molar-refractivity contribution in [3.63, 3.8) is 0 Å². The molecule has 0 saturated heterocycles. The van der Waals surface area contributed by atoms with E-state index in [2.05, 4.69) is 195 Å². The monoisotopic (exact) mass is 677 g/mol. The highest BCUT2D eigenvalue weighted by atomic mass is 15.1. The molecule has 0 saturated carbocycles. The zero-order chi connectivity index (χ0) is 35.3. The molecule has 0 atom stereocenters. The van der Waals surface area contributed by atoms with Crippen LogP contribution in [0, 0.1) is 0 Å². The van der Waals surface area contributed by atoms with Crippen LogP contribution in [0.1, 0.15) is 60.1 Å². The lowest BCUT2D eigenvalue weighted by molar-refractivity contribution is 0.660. The fourth-order valence-corrected chi connectivity index (χ4v) is 10.4. The summed E-state index contributed by atoms with van der Waals surface area (Å²) in [5.74, 6) is 0. The third-order valence-corrected chi connectivity index (χ3v) is 12.6. The van der Waals surface area contributed by atoms with Crippen molar-refractivity contribution in [2.24, 2.45) is 0 Å². The number of hydrogen-bond donors (Lipinski definition) is 0. The second-order valence-electron chi connectivity index (χ2n) is 15.5. The predicted molar refractivity (Wildman–Crippen MR) is 221 cm³/mol. The Kier molecular flexibility index (Phi) is 6.41. The lowest BCUT2D eigenvalue weighted by Crippen LogP contribution is -2.27. The van der Waals surface area contributed by atoms with Gasteiger partial charge in [-0.15, -0.1) is 0 Å². The van der Waals surface area contributed by atoms with Gasteiger partial charge in [0.1, 0.15) is 0 Å². The number of benzene rings is 7. The molecule has 0 heterocycles. The summed E-state index contributed by atoms with van der Waals surface area (Å²) in [7, 11) is 0. The number of hydrogen-bond acceptors (Lipinski definition) is 1. The Balaban J connectivity index is 1.23. The van der Waals surface area contributed by atoms with Crippen LogP contribution in [-0.4, -0.2) is 0 Å². The number of rotatable bonds is 4. The molecule has 1 nitrogen and oxygen atoms in total. The van der Waals surface area contributed by atoms with E-state index in [9.17, 15) is 0 Å². The van der Waals surface area contributed by atoms with Crippen LogP contribution in [0.4, 0.5) is 17.1 Å². The van der Waals surface area contributed by atoms with Gasteiger partial charge < -0.3 is 4.90 Å². The molecule has 7 aromatic carbocycles. The van der Waals surface area contributed by atoms with Gasteiger partial charge in [-0.25, -0.2) is 0 Å². The molecule has 0 aromatic heterocycles. The van der Waals surface area contributed by atoms with Gasteiger partial charge in [0.25, 0.3) is 0 Å². The Labute approximate surface area is 312 Å². The standard InChI is InChI=1S/C52H39N/c1-51(2)42-24-11-6-22-39(42)41-33-35(31-32-43(41)51)53(48-29-15-10-19-36(48)34-17-4-3-5-18-34)49-30-16-28-47-50(49)40-23-9-14-27-46(40)52(47)44-25-12-7-20-37(44)38-21-8-13-26-45(38)52/h3-8,10-22,24-33H,9,23H2,1-2H3. The minimum atomic E-state index is -0.365. The number of anilines is 3. The highest BCUT2D eigenvalue weighted by Gasteiger charge is 2.53. The van der Waals surface area contributed by atoms with E-state index < -0.39 is 0 Å². The fourth-order valence-electron chi connectivity index (χ4n) is 10.4. The van der Waals surface area contributed by atoms with Gasteiger partial charge in [-0.3, -0.25) is 0 Å². The van der Waals surface area contributed by atoms with Crippen LogP contribution in [-0.2, 0) is 10.8 Å². The molecule has 0 fully saturated rings. The molecule has 0 amide bonds. The van der Waals surface area contributed by atoms with Crippen molar-refractivity contribution >= 4 is 22.6 Å². The van der Waals surface area contributed by atoms with E-state index >= 15 is 0 Å². The zero-order valence-corrected chi connectivity index (χ0v) is 30.1. The summed E-state index contributed by atoms with van der Waals surface area (Å²) in [5, 5.41) is 0. The van der Waals surface area contributed by atoms with Crippen LogP contribution in [0.2, 0.25) is 0 Å². The van der Waals surface area contributed by atoms with Crippen molar-refractivity contribution in [3.05, 3.63) is 215 Å². The van der Waals surface area contributed by atoms with Crippen LogP contribution in [0.15, 0.2) is 182 Å². The van der Waals surface area contributed by atoms with E-state index in [4.69, 9.17) is 0 Å². The van der Waals surface area contributed by atoms with Gasteiger partial charge in [-0.2, -0.15) is 0 Å². The Morgan fingerprint density at radius 2 is 1.04 bits per heavy atom. The first kappa shape index (κ1) is 30.4. The smallest absolute Gasteiger partial charge is 0.0722 e. The van der Waals surface area contributed by atoms with Gasteiger partial charge in [0.2, 0.25) is 0 Å². The molecule has 53 heavy (non-hydrogen) atoms. The Morgan fingerprint density at radius 1 is 0.472 bits per heavy atom. The largest absolute Gasteiger partial charge is 0.309 e. The molecule has 4 aliphatic rings. The van der Waals surface area contributed by atoms with Gasteiger partial charge in [0.05, 0.1) is 16.8 Å². The summed E-state index contributed by atoms with van der Waals surface area (Å²) in [6.45, 7) is 4.73. The molecule has 0 bridgehead atoms. The Bertz CT molecular complexity index is 2660. The fraction of sp³-hybridized carbons (Fsp3) is 0.115. The summed E-state index contributed by atoms with van der Waals surface area (Å²) in [5.41, 5.74) is 22.2. The van der Waals surface area contributed by atoms with Crippen LogP contribution < -0.4 is 4.90 Å². The van der Waals surface area contributed by atoms with Crippen LogP contribution in [0.25, 0.3) is 39.0 Å². The molecule has 1 spiro atoms. The van der Waals surface area contributed by atoms with Gasteiger partial charge in [-0.1, -0.05) is 166 Å². The number of fused-ring (bicyclic) bond motifs is 12. The zero-order valence-electron chi connectivity index (χ0n) is 30.1. The van der Waals surface area contributed by atoms with E-state index in [1.165, 1.54) is 95.0 Å². The first-order chi connectivity index (χ1) is 26.1. The molecule has 0 radical (unpaired) electrons. The molecule has 4 aliphatic carbocycles. The minimum absolute atomic E-state index is 0.0605. The summed E-state index contributed by atoms with van der Waals surface area (Å²) in [4.78, 5) is 2.57. The molecule has 0 unspecified atom stereocenters. The van der Waals surface area contributed by atoms with Gasteiger partial charge in [0, 0.05) is 22.2 Å². The van der Waals surface area contributed by atoms with Crippen molar-refractivity contribution in [3.8, 4) is 33.4 Å². The molecule has 0 aliphatic heterocycles. The van der Waals surface area contributed by atoms with Crippen LogP contribution in [0.3, 0.4) is 0 Å². The first-order valence-electron chi connectivity index (χ1n) is 19.0. The SMILES string of the molecule is CC1(C)c2ccccc2-c2cc(N(c3ccccc3-c3ccccc3)c3cccc4c3C3=C(C=CCC3)C43c4ccccc4-c4ccccc43)ccc21. The topological polar surface area (TPSA) is 3.24 Å². The molecular weight excluding hydrogens is 639 g/mol. The summed E-state index contributed by atoms with van der Waals surface area (Å²) in [6, 6.07) is 61.4. The maximum atomic E-state index is 2.57. The first-order valence-corrected chi connectivity index (χ1v) is 19.0. The van der Waals surface area contributed by atoms with Crippen LogP contribution >= 0.6 is 0 Å². The number of allylic oxidation sites excluding steroid dienone is 4. The van der Waals surface area contributed by atoms with E-state index in [-0.39, 0.29) is 10.8 Å². The molecule has 252 valence electrons. The predicted octanol–water partition coefficient (Wildman–Crippen LogP) is 13.6. The number of para-hydroxylation sites is 1. The molecule has 0 N–H and O–H groups in total. The van der Waals surface area contributed by atoms with Gasteiger partial charge >= 0.3 is 0 Å². The Morgan fingerprint density at radius 3 is 1.77 bits per heavy atom. The highest BCUT2D eigenvalue weighted by molar-refractivity contribution is 6.02. The molecule has 1 heteroatoms. The molecular formula is C52H39N. The third kappa shape index (κ3) is 4.03. The summed E-state index contributed by atoms with van der Waals surface area (Å²) < 4.78 is 0. The van der Waals surface area contributed by atoms with Crippen molar-refractivity contribution in [1.82, 2.24) is 0 Å². The summed E-state index contributed by atoms with van der Waals surface area (Å²) in [6.07, 6.45) is 6.91. The second-order valence-corrected chi connectivity index (χ2v) is 15.5. The lowest BCUT2D eigenvalue weighted by atomic mass is 9.69. The van der Waals surface area contributed by atoms with E-state index in [1.54, 1.807) is 0 Å². The lowest BCUT2D eigenvalue weighted by Gasteiger charge is -2.33. The quantitative estimate of drug-likeness (QED) is 0.179. The second kappa shape index (κ2) is 11.2. The van der Waals surface area contributed by atoms with E-state index in [0.29, 0.717) is 0 Å². The third-order valence-electron chi connectivity index (χ3n) is 12.6. The average Bonchev–Trinajstić information content (AvgIpc) is 3.78. The minimum Gasteiger partial charge on any atom is -0.309 e. The van der Waals surface area contributed by atoms with Crippen LogP contribution in [0.5, 0.6) is 0 Å². The van der Waals surface area contributed by atoms with Crippen molar-refractivity contribution in [1.29, 1.82) is 0 Å². The maximum absolute atomic E-state index is 2.57. The molecule has 7 aromatic rings. The summed E-state index contributed by atoms with van der Waals surface area (Å²) >= 11 is 0. The highest BCUT2D eigenvalue weighted by Crippen LogP contribution is 2.65. The van der Waals surface area contributed by atoms with Crippen molar-refractivity contribution < 1.29 is 0 Å². The van der Waals surface area contributed by atoms with E-state index in [1.807, 2.05) is 0 Å². The van der Waals surface area contributed by atoms with Gasteiger partial charge in [0.15, 0.2) is 0 Å². The van der Waals surface area contributed by atoms with Crippen molar-refractivity contribution in [2.75, 3.05) is 4.90 Å². The Hall–Kier alpha value is -6.18. The number of nitrogens with zero attached hydrogens (tertiary/aromatic N) is 1. The molecule has 11 rings (SSSR count). The van der Waals surface area contributed by atoms with Gasteiger partial charge in [-0.05, 0) is 104 Å². The normalized spacial score (nSPS) is 16.1. The maximum Gasteiger partial charge on any atom is 0.0722 e. The van der Waals surface area contributed by atoms with Crippen molar-refractivity contribution in [2.45, 2.75) is 37.5 Å².